The van der Waals surface area contributed by atoms with Gasteiger partial charge in [-0.2, -0.15) is 15.4 Å². The quantitative estimate of drug-likeness (QED) is 0.823. The summed E-state index contributed by atoms with van der Waals surface area (Å²) in [6, 6.07) is 5.20. The van der Waals surface area contributed by atoms with Crippen molar-refractivity contribution < 1.29 is 14.6 Å². The Labute approximate surface area is 98.2 Å². The van der Waals surface area contributed by atoms with Crippen LogP contribution in [0.25, 0.3) is 0 Å². The number of hydrogen-bond donors (Lipinski definition) is 2. The van der Waals surface area contributed by atoms with Gasteiger partial charge in [0.1, 0.15) is 23.3 Å². The Morgan fingerprint density at radius 1 is 1.29 bits per heavy atom. The van der Waals surface area contributed by atoms with Crippen LogP contribution in [0.3, 0.4) is 0 Å². The highest BCUT2D eigenvalue weighted by Gasteiger charge is 2.18. The number of H-pyrrole nitrogens is 1. The molecule has 1 aromatic heterocycles. The first kappa shape index (κ1) is 11.4. The molecule has 2 rings (SSSR count). The number of aromatic amines is 1. The third-order valence-corrected chi connectivity index (χ3v) is 2.45. The standard InChI is InChI=1S/C11H13N3O3/c1-16-7-3-4-10(17-2)8(5-7)11(15)9-6-12-14-13-9/h3-6,11,15H,1-2H3,(H,12,13,14). The van der Waals surface area contributed by atoms with Crippen molar-refractivity contribution in [3.05, 3.63) is 35.7 Å². The summed E-state index contributed by atoms with van der Waals surface area (Å²) >= 11 is 0. The van der Waals surface area contributed by atoms with Gasteiger partial charge >= 0.3 is 0 Å². The molecule has 90 valence electrons. The van der Waals surface area contributed by atoms with Crippen LogP contribution in [-0.4, -0.2) is 34.7 Å². The fraction of sp³-hybridized carbons (Fsp3) is 0.273. The fourth-order valence-electron chi connectivity index (χ4n) is 1.55. The molecule has 2 N–H and O–H groups in total. The van der Waals surface area contributed by atoms with Gasteiger partial charge in [0.05, 0.1) is 20.4 Å². The van der Waals surface area contributed by atoms with Gasteiger partial charge in [-0.1, -0.05) is 0 Å². The lowest BCUT2D eigenvalue weighted by molar-refractivity contribution is 0.209. The summed E-state index contributed by atoms with van der Waals surface area (Å²) in [5.41, 5.74) is 1.01. The smallest absolute Gasteiger partial charge is 0.128 e. The number of rotatable bonds is 4. The number of ether oxygens (including phenoxy) is 2. The highest BCUT2D eigenvalue weighted by atomic mass is 16.5. The molecule has 6 heteroatoms. The molecule has 2 aromatic rings. The first-order chi connectivity index (χ1) is 8.26. The second-order valence-corrected chi connectivity index (χ2v) is 3.41. The lowest BCUT2D eigenvalue weighted by Crippen LogP contribution is -2.03. The van der Waals surface area contributed by atoms with E-state index in [0.717, 1.165) is 0 Å². The van der Waals surface area contributed by atoms with Gasteiger partial charge in [0.2, 0.25) is 0 Å². The van der Waals surface area contributed by atoms with Crippen LogP contribution in [0.5, 0.6) is 11.5 Å². The zero-order chi connectivity index (χ0) is 12.3. The van der Waals surface area contributed by atoms with E-state index < -0.39 is 6.10 Å². The highest BCUT2D eigenvalue weighted by Crippen LogP contribution is 2.31. The Kier molecular flexibility index (Phi) is 3.24. The van der Waals surface area contributed by atoms with Crippen molar-refractivity contribution in [3.63, 3.8) is 0 Å². The van der Waals surface area contributed by atoms with Crippen LogP contribution >= 0.6 is 0 Å². The molecule has 0 aliphatic carbocycles. The minimum Gasteiger partial charge on any atom is -0.497 e. The van der Waals surface area contributed by atoms with E-state index in [0.29, 0.717) is 22.8 Å². The first-order valence-corrected chi connectivity index (χ1v) is 5.02. The van der Waals surface area contributed by atoms with Gasteiger partial charge in [-0.15, -0.1) is 0 Å². The Bertz CT molecular complexity index is 485. The van der Waals surface area contributed by atoms with E-state index in [1.54, 1.807) is 32.4 Å². The van der Waals surface area contributed by atoms with Gasteiger partial charge in [-0.25, -0.2) is 0 Å². The molecule has 0 saturated heterocycles. The Balaban J connectivity index is 2.41. The minimum atomic E-state index is -0.904. The second-order valence-electron chi connectivity index (χ2n) is 3.41. The average molecular weight is 235 g/mol. The summed E-state index contributed by atoms with van der Waals surface area (Å²) in [4.78, 5) is 0. The summed E-state index contributed by atoms with van der Waals surface area (Å²) in [7, 11) is 3.11. The molecule has 0 aliphatic heterocycles. The Morgan fingerprint density at radius 3 is 2.71 bits per heavy atom. The maximum atomic E-state index is 10.2. The number of hydrogen-bond acceptors (Lipinski definition) is 5. The van der Waals surface area contributed by atoms with E-state index in [-0.39, 0.29) is 0 Å². The number of nitrogens with zero attached hydrogens (tertiary/aromatic N) is 2. The van der Waals surface area contributed by atoms with Crippen LogP contribution < -0.4 is 9.47 Å². The van der Waals surface area contributed by atoms with E-state index in [4.69, 9.17) is 9.47 Å². The minimum absolute atomic E-state index is 0.427. The molecule has 0 bridgehead atoms. The van der Waals surface area contributed by atoms with Crippen molar-refractivity contribution in [3.8, 4) is 11.5 Å². The monoisotopic (exact) mass is 235 g/mol. The predicted molar refractivity (Wildman–Crippen MR) is 60.0 cm³/mol. The van der Waals surface area contributed by atoms with Crippen LogP contribution in [-0.2, 0) is 0 Å². The lowest BCUT2D eigenvalue weighted by Gasteiger charge is -2.13. The topological polar surface area (TPSA) is 80.3 Å². The van der Waals surface area contributed by atoms with Gasteiger partial charge in [0.15, 0.2) is 0 Å². The second kappa shape index (κ2) is 4.84. The highest BCUT2D eigenvalue weighted by molar-refractivity contribution is 5.43. The molecule has 0 amide bonds. The molecular formula is C11H13N3O3. The fourth-order valence-corrected chi connectivity index (χ4v) is 1.55. The van der Waals surface area contributed by atoms with Crippen molar-refractivity contribution in [1.82, 2.24) is 15.4 Å². The number of nitrogens with one attached hydrogen (secondary N) is 1. The summed E-state index contributed by atoms with van der Waals surface area (Å²) in [6.45, 7) is 0. The summed E-state index contributed by atoms with van der Waals surface area (Å²) in [5.74, 6) is 1.21. The Morgan fingerprint density at radius 2 is 2.12 bits per heavy atom. The van der Waals surface area contributed by atoms with Gasteiger partial charge < -0.3 is 14.6 Å². The normalized spacial score (nSPS) is 12.2. The van der Waals surface area contributed by atoms with Crippen LogP contribution in [0, 0.1) is 0 Å². The maximum absolute atomic E-state index is 10.2. The number of methoxy groups -OCH3 is 2. The molecule has 0 aliphatic rings. The van der Waals surface area contributed by atoms with Gasteiger partial charge in [-0.05, 0) is 18.2 Å². The van der Waals surface area contributed by atoms with Crippen LogP contribution in [0.15, 0.2) is 24.4 Å². The zero-order valence-corrected chi connectivity index (χ0v) is 9.54. The van der Waals surface area contributed by atoms with E-state index in [1.165, 1.54) is 6.20 Å². The number of aliphatic hydroxyl groups is 1. The molecular weight excluding hydrogens is 222 g/mol. The summed E-state index contributed by atoms with van der Waals surface area (Å²) in [6.07, 6.45) is 0.558. The summed E-state index contributed by atoms with van der Waals surface area (Å²) in [5, 5.41) is 20.1. The molecule has 0 radical (unpaired) electrons. The van der Waals surface area contributed by atoms with Gasteiger partial charge in [0, 0.05) is 5.56 Å². The molecule has 0 spiro atoms. The molecule has 1 atom stereocenters. The molecule has 0 fully saturated rings. The van der Waals surface area contributed by atoms with Crippen LogP contribution in [0.4, 0.5) is 0 Å². The maximum Gasteiger partial charge on any atom is 0.128 e. The molecule has 6 nitrogen and oxygen atoms in total. The van der Waals surface area contributed by atoms with Crippen molar-refractivity contribution in [2.75, 3.05) is 14.2 Å². The lowest BCUT2D eigenvalue weighted by atomic mass is 10.1. The van der Waals surface area contributed by atoms with Crippen molar-refractivity contribution >= 4 is 0 Å². The van der Waals surface area contributed by atoms with Crippen molar-refractivity contribution in [1.29, 1.82) is 0 Å². The van der Waals surface area contributed by atoms with Crippen LogP contribution in [0.2, 0.25) is 0 Å². The van der Waals surface area contributed by atoms with Crippen molar-refractivity contribution in [2.24, 2.45) is 0 Å². The van der Waals surface area contributed by atoms with Crippen molar-refractivity contribution in [2.45, 2.75) is 6.10 Å². The summed E-state index contributed by atoms with van der Waals surface area (Å²) < 4.78 is 10.3. The average Bonchev–Trinajstić information content (AvgIpc) is 2.91. The van der Waals surface area contributed by atoms with Gasteiger partial charge in [0.25, 0.3) is 0 Å². The van der Waals surface area contributed by atoms with Crippen LogP contribution in [0.1, 0.15) is 17.4 Å². The number of benzene rings is 1. The zero-order valence-electron chi connectivity index (χ0n) is 9.54. The van der Waals surface area contributed by atoms with E-state index in [1.807, 2.05) is 0 Å². The molecule has 0 saturated carbocycles. The number of aromatic nitrogens is 3. The SMILES string of the molecule is COc1ccc(OC)c(C(O)c2cn[nH]n2)c1. The van der Waals surface area contributed by atoms with E-state index in [2.05, 4.69) is 15.4 Å². The third kappa shape index (κ3) is 2.21. The largest absolute Gasteiger partial charge is 0.497 e. The number of aliphatic hydroxyl groups excluding tert-OH is 1. The third-order valence-electron chi connectivity index (χ3n) is 2.45. The first-order valence-electron chi connectivity index (χ1n) is 5.02. The predicted octanol–water partition coefficient (Wildman–Crippen LogP) is 0.904. The molecule has 1 heterocycles. The molecule has 1 unspecified atom stereocenters. The Hall–Kier alpha value is -2.08. The van der Waals surface area contributed by atoms with E-state index in [9.17, 15) is 5.11 Å². The van der Waals surface area contributed by atoms with Gasteiger partial charge in [-0.3, -0.25) is 0 Å². The molecule has 17 heavy (non-hydrogen) atoms. The molecule has 1 aromatic carbocycles. The van der Waals surface area contributed by atoms with E-state index >= 15 is 0 Å².